The number of nitrogens with two attached hydrogens (primary N) is 1. The lowest BCUT2D eigenvalue weighted by Crippen LogP contribution is -2.06. The number of hydrogen-bond acceptors (Lipinski definition) is 4. The highest BCUT2D eigenvalue weighted by Gasteiger charge is 2.01. The number of pyridine rings is 1. The molecule has 0 saturated carbocycles. The van der Waals surface area contributed by atoms with Crippen LogP contribution in [-0.4, -0.2) is 11.5 Å². The first-order valence-electron chi connectivity index (χ1n) is 6.19. The molecule has 2 rings (SSSR count). The van der Waals surface area contributed by atoms with Gasteiger partial charge < -0.3 is 11.1 Å². The zero-order chi connectivity index (χ0) is 13.5. The molecule has 0 saturated heterocycles. The Bertz CT molecular complexity index is 572. The van der Waals surface area contributed by atoms with Crippen LogP contribution in [0.4, 0.5) is 11.4 Å². The highest BCUT2D eigenvalue weighted by atomic mass is 14.9. The van der Waals surface area contributed by atoms with Crippen molar-refractivity contribution in [3.05, 3.63) is 53.9 Å². The molecule has 4 heteroatoms. The number of nitrogens with one attached hydrogen (secondary N) is 1. The van der Waals surface area contributed by atoms with Gasteiger partial charge in [-0.25, -0.2) is 0 Å². The Morgan fingerprint density at radius 1 is 1.26 bits per heavy atom. The second kappa shape index (κ2) is 6.41. The number of anilines is 2. The van der Waals surface area contributed by atoms with E-state index in [4.69, 9.17) is 11.0 Å². The van der Waals surface area contributed by atoms with Gasteiger partial charge in [0.1, 0.15) is 0 Å². The van der Waals surface area contributed by atoms with E-state index < -0.39 is 0 Å². The van der Waals surface area contributed by atoms with E-state index in [1.54, 1.807) is 6.20 Å². The number of benzene rings is 1. The van der Waals surface area contributed by atoms with Crippen LogP contribution in [0.25, 0.3) is 0 Å². The fourth-order valence-corrected chi connectivity index (χ4v) is 1.83. The van der Waals surface area contributed by atoms with Crippen LogP contribution in [-0.2, 0) is 12.8 Å². The molecule has 2 aromatic rings. The smallest absolute Gasteiger partial charge is 0.0670 e. The molecule has 1 heterocycles. The van der Waals surface area contributed by atoms with Gasteiger partial charge in [0.15, 0.2) is 0 Å². The second-order valence-electron chi connectivity index (χ2n) is 4.25. The van der Waals surface area contributed by atoms with Gasteiger partial charge in [-0.15, -0.1) is 0 Å². The maximum absolute atomic E-state index is 8.73. The average molecular weight is 252 g/mol. The number of nitrogens with zero attached hydrogens (tertiary/aromatic N) is 2. The summed E-state index contributed by atoms with van der Waals surface area (Å²) in [6, 6.07) is 13.7. The Labute approximate surface area is 112 Å². The van der Waals surface area contributed by atoms with Crippen LogP contribution in [0.1, 0.15) is 11.3 Å². The standard InChI is InChI=1S/C15H16N4/c16-8-6-12-11-14(4-5-15(12)17)19-10-7-13-3-1-2-9-18-13/h1-5,9,11,19H,6-7,10,17H2. The molecule has 0 amide bonds. The Hall–Kier alpha value is -2.54. The van der Waals surface area contributed by atoms with Crippen molar-refractivity contribution in [2.45, 2.75) is 12.8 Å². The molecule has 0 atom stereocenters. The molecule has 4 nitrogen and oxygen atoms in total. The van der Waals surface area contributed by atoms with Gasteiger partial charge in [0.2, 0.25) is 0 Å². The van der Waals surface area contributed by atoms with Gasteiger partial charge in [0, 0.05) is 36.2 Å². The number of hydrogen-bond donors (Lipinski definition) is 2. The lowest BCUT2D eigenvalue weighted by Gasteiger charge is -2.09. The van der Waals surface area contributed by atoms with Crippen LogP contribution in [0.3, 0.4) is 0 Å². The van der Waals surface area contributed by atoms with Crippen molar-refractivity contribution >= 4 is 11.4 Å². The highest BCUT2D eigenvalue weighted by molar-refractivity contribution is 5.58. The zero-order valence-electron chi connectivity index (χ0n) is 10.6. The van der Waals surface area contributed by atoms with E-state index in [1.165, 1.54) is 0 Å². The van der Waals surface area contributed by atoms with Gasteiger partial charge in [-0.2, -0.15) is 5.26 Å². The van der Waals surface area contributed by atoms with Crippen molar-refractivity contribution in [2.24, 2.45) is 0 Å². The van der Waals surface area contributed by atoms with Gasteiger partial charge >= 0.3 is 0 Å². The Kier molecular flexibility index (Phi) is 4.35. The maximum atomic E-state index is 8.73. The summed E-state index contributed by atoms with van der Waals surface area (Å²) in [5, 5.41) is 12.0. The molecule has 0 spiro atoms. The first-order chi connectivity index (χ1) is 9.29. The number of nitriles is 1. The number of aromatic nitrogens is 1. The lowest BCUT2D eigenvalue weighted by molar-refractivity contribution is 0.961. The van der Waals surface area contributed by atoms with Crippen LogP contribution in [0.5, 0.6) is 0 Å². The Morgan fingerprint density at radius 2 is 2.16 bits per heavy atom. The molecule has 0 aliphatic carbocycles. The third-order valence-electron chi connectivity index (χ3n) is 2.85. The second-order valence-corrected chi connectivity index (χ2v) is 4.25. The molecule has 0 bridgehead atoms. The Morgan fingerprint density at radius 3 is 2.89 bits per heavy atom. The van der Waals surface area contributed by atoms with Gasteiger partial charge in [-0.3, -0.25) is 4.98 Å². The molecule has 0 radical (unpaired) electrons. The number of nitrogen functional groups attached to an aromatic ring is 1. The van der Waals surface area contributed by atoms with Crippen molar-refractivity contribution in [3.8, 4) is 6.07 Å². The van der Waals surface area contributed by atoms with Gasteiger partial charge in [0.05, 0.1) is 12.5 Å². The normalized spacial score (nSPS) is 9.84. The summed E-state index contributed by atoms with van der Waals surface area (Å²) >= 11 is 0. The molecule has 3 N–H and O–H groups in total. The van der Waals surface area contributed by atoms with E-state index in [-0.39, 0.29) is 0 Å². The SMILES string of the molecule is N#CCc1cc(NCCc2ccccn2)ccc1N. The molecule has 1 aromatic carbocycles. The summed E-state index contributed by atoms with van der Waals surface area (Å²) in [5.74, 6) is 0. The summed E-state index contributed by atoms with van der Waals surface area (Å²) in [6.45, 7) is 0.799. The third-order valence-corrected chi connectivity index (χ3v) is 2.85. The van der Waals surface area contributed by atoms with Crippen LogP contribution in [0.15, 0.2) is 42.6 Å². The van der Waals surface area contributed by atoms with Crippen molar-refractivity contribution in [2.75, 3.05) is 17.6 Å². The summed E-state index contributed by atoms with van der Waals surface area (Å²) in [7, 11) is 0. The molecule has 0 aliphatic heterocycles. The van der Waals surface area contributed by atoms with Gasteiger partial charge in [0.25, 0.3) is 0 Å². The zero-order valence-corrected chi connectivity index (χ0v) is 10.6. The fraction of sp³-hybridized carbons (Fsp3) is 0.200. The average Bonchev–Trinajstić information content (AvgIpc) is 2.44. The first kappa shape index (κ1) is 12.9. The van der Waals surface area contributed by atoms with E-state index in [0.717, 1.165) is 29.9 Å². The van der Waals surface area contributed by atoms with Crippen molar-refractivity contribution < 1.29 is 0 Å². The van der Waals surface area contributed by atoms with Gasteiger partial charge in [-0.1, -0.05) is 6.07 Å². The summed E-state index contributed by atoms with van der Waals surface area (Å²) in [5.41, 5.74) is 9.38. The quantitative estimate of drug-likeness (QED) is 0.801. The minimum absolute atomic E-state index is 0.335. The molecule has 0 aliphatic rings. The molecular formula is C15H16N4. The van der Waals surface area contributed by atoms with Crippen molar-refractivity contribution in [3.63, 3.8) is 0 Å². The molecule has 19 heavy (non-hydrogen) atoms. The van der Waals surface area contributed by atoms with E-state index in [1.807, 2.05) is 36.4 Å². The predicted molar refractivity (Wildman–Crippen MR) is 76.6 cm³/mol. The van der Waals surface area contributed by atoms with E-state index in [9.17, 15) is 0 Å². The summed E-state index contributed by atoms with van der Waals surface area (Å²) in [6.07, 6.45) is 2.99. The number of rotatable bonds is 5. The lowest BCUT2D eigenvalue weighted by atomic mass is 10.1. The van der Waals surface area contributed by atoms with Crippen molar-refractivity contribution in [1.82, 2.24) is 4.98 Å². The topological polar surface area (TPSA) is 74.7 Å². The van der Waals surface area contributed by atoms with Crippen LogP contribution in [0.2, 0.25) is 0 Å². The predicted octanol–water partition coefficient (Wildman–Crippen LogP) is 2.38. The van der Waals surface area contributed by atoms with Crippen molar-refractivity contribution in [1.29, 1.82) is 5.26 Å². The van der Waals surface area contributed by atoms with E-state index in [0.29, 0.717) is 12.1 Å². The minimum Gasteiger partial charge on any atom is -0.398 e. The first-order valence-corrected chi connectivity index (χ1v) is 6.19. The molecule has 1 aromatic heterocycles. The van der Waals surface area contributed by atoms with E-state index in [2.05, 4.69) is 16.4 Å². The molecular weight excluding hydrogens is 236 g/mol. The summed E-state index contributed by atoms with van der Waals surface area (Å²) < 4.78 is 0. The van der Waals surface area contributed by atoms with Crippen LogP contribution < -0.4 is 11.1 Å². The van der Waals surface area contributed by atoms with Gasteiger partial charge in [-0.05, 0) is 35.9 Å². The molecule has 0 fully saturated rings. The van der Waals surface area contributed by atoms with Crippen LogP contribution in [0, 0.1) is 11.3 Å². The third kappa shape index (κ3) is 3.71. The largest absolute Gasteiger partial charge is 0.398 e. The molecule has 96 valence electrons. The minimum atomic E-state index is 0.335. The fourth-order valence-electron chi connectivity index (χ4n) is 1.83. The highest BCUT2D eigenvalue weighted by Crippen LogP contribution is 2.18. The van der Waals surface area contributed by atoms with Crippen LogP contribution >= 0.6 is 0 Å². The molecule has 0 unspecified atom stereocenters. The Balaban J connectivity index is 1.93. The van der Waals surface area contributed by atoms with E-state index >= 15 is 0 Å². The maximum Gasteiger partial charge on any atom is 0.0670 e. The summed E-state index contributed by atoms with van der Waals surface area (Å²) in [4.78, 5) is 4.27. The monoisotopic (exact) mass is 252 g/mol.